The van der Waals surface area contributed by atoms with E-state index in [9.17, 15) is 15.2 Å². The van der Waals surface area contributed by atoms with Crippen molar-refractivity contribution in [3.63, 3.8) is 0 Å². The predicted molar refractivity (Wildman–Crippen MR) is 102 cm³/mol. The van der Waals surface area contributed by atoms with E-state index in [1.54, 1.807) is 12.1 Å². The Hall–Kier alpha value is -3.51. The van der Waals surface area contributed by atoms with Crippen molar-refractivity contribution in [2.75, 3.05) is 0 Å². The third-order valence-corrected chi connectivity index (χ3v) is 4.53. The average molecular weight is 359 g/mol. The maximum Gasteiger partial charge on any atom is 0.269 e. The molecule has 6 heteroatoms. The zero-order valence-corrected chi connectivity index (χ0v) is 14.4. The number of aromatic nitrogens is 2. The van der Waals surface area contributed by atoms with Crippen molar-refractivity contribution < 1.29 is 10.0 Å². The fraction of sp³-hybridized carbons (Fsp3) is 0.0952. The van der Waals surface area contributed by atoms with Crippen molar-refractivity contribution in [2.45, 2.75) is 12.6 Å². The highest BCUT2D eigenvalue weighted by atomic mass is 16.6. The molecule has 0 aliphatic rings. The van der Waals surface area contributed by atoms with Crippen LogP contribution in [0.3, 0.4) is 0 Å². The molecule has 6 nitrogen and oxygen atoms in total. The van der Waals surface area contributed by atoms with Crippen LogP contribution in [0.15, 0.2) is 78.9 Å². The zero-order valence-electron chi connectivity index (χ0n) is 14.4. The lowest BCUT2D eigenvalue weighted by molar-refractivity contribution is -0.384. The first-order valence-electron chi connectivity index (χ1n) is 8.55. The standard InChI is InChI=1S/C21H17N3O3/c25-20(16-6-2-1-3-7-16)21-22-18-8-4-5-9-19(18)23(21)14-15-10-12-17(13-11-15)24(26)27/h1-13,20,25H,14H2/t20-/m0/s1. The van der Waals surface area contributed by atoms with Gasteiger partial charge in [0.25, 0.3) is 5.69 Å². The Bertz CT molecular complexity index is 1090. The molecule has 1 aromatic heterocycles. The summed E-state index contributed by atoms with van der Waals surface area (Å²) in [6, 6.07) is 23.5. The highest BCUT2D eigenvalue weighted by Crippen LogP contribution is 2.27. The monoisotopic (exact) mass is 359 g/mol. The summed E-state index contributed by atoms with van der Waals surface area (Å²) in [6.07, 6.45) is -0.864. The van der Waals surface area contributed by atoms with Gasteiger partial charge in [0, 0.05) is 18.7 Å². The van der Waals surface area contributed by atoms with Gasteiger partial charge in [-0.15, -0.1) is 0 Å². The number of aliphatic hydroxyl groups is 1. The van der Waals surface area contributed by atoms with Gasteiger partial charge in [-0.2, -0.15) is 0 Å². The lowest BCUT2D eigenvalue weighted by atomic mass is 10.1. The lowest BCUT2D eigenvalue weighted by Crippen LogP contribution is -2.11. The molecule has 1 atom stereocenters. The second-order valence-corrected chi connectivity index (χ2v) is 6.28. The number of imidazole rings is 1. The summed E-state index contributed by atoms with van der Waals surface area (Å²) >= 11 is 0. The van der Waals surface area contributed by atoms with Crippen molar-refractivity contribution >= 4 is 16.7 Å². The number of non-ortho nitro benzene ring substituents is 1. The van der Waals surface area contributed by atoms with E-state index >= 15 is 0 Å². The summed E-state index contributed by atoms with van der Waals surface area (Å²) in [5.41, 5.74) is 3.41. The molecule has 4 rings (SSSR count). The van der Waals surface area contributed by atoms with Gasteiger partial charge in [0.05, 0.1) is 16.0 Å². The molecule has 0 spiro atoms. The van der Waals surface area contributed by atoms with Crippen LogP contribution >= 0.6 is 0 Å². The van der Waals surface area contributed by atoms with Crippen molar-refractivity contribution in [1.29, 1.82) is 0 Å². The third kappa shape index (κ3) is 3.30. The maximum atomic E-state index is 10.9. The molecule has 1 heterocycles. The predicted octanol–water partition coefficient (Wildman–Crippen LogP) is 4.07. The minimum atomic E-state index is -0.864. The van der Waals surface area contributed by atoms with Gasteiger partial charge in [0.1, 0.15) is 11.9 Å². The van der Waals surface area contributed by atoms with Crippen molar-refractivity contribution in [3.8, 4) is 0 Å². The van der Waals surface area contributed by atoms with E-state index in [-0.39, 0.29) is 5.69 Å². The fourth-order valence-corrected chi connectivity index (χ4v) is 3.16. The van der Waals surface area contributed by atoms with Gasteiger partial charge in [0.15, 0.2) is 0 Å². The molecule has 1 N–H and O–H groups in total. The molecule has 134 valence electrons. The second-order valence-electron chi connectivity index (χ2n) is 6.28. The summed E-state index contributed by atoms with van der Waals surface area (Å²) in [4.78, 5) is 15.1. The number of aliphatic hydroxyl groups excluding tert-OH is 1. The second kappa shape index (κ2) is 7.01. The van der Waals surface area contributed by atoms with Crippen LogP contribution in [0.1, 0.15) is 23.1 Å². The molecule has 0 radical (unpaired) electrons. The number of hydrogen-bond donors (Lipinski definition) is 1. The summed E-state index contributed by atoms with van der Waals surface area (Å²) in [6.45, 7) is 0.456. The number of hydrogen-bond acceptors (Lipinski definition) is 4. The van der Waals surface area contributed by atoms with Crippen molar-refractivity contribution in [3.05, 3.63) is 106 Å². The highest BCUT2D eigenvalue weighted by molar-refractivity contribution is 5.76. The SMILES string of the molecule is O=[N+]([O-])c1ccc(Cn2c([C@@H](O)c3ccccc3)nc3ccccc32)cc1. The smallest absolute Gasteiger partial charge is 0.269 e. The number of rotatable bonds is 5. The molecule has 27 heavy (non-hydrogen) atoms. The van der Waals surface area contributed by atoms with E-state index in [2.05, 4.69) is 4.98 Å². The maximum absolute atomic E-state index is 10.9. The Morgan fingerprint density at radius 1 is 0.963 bits per heavy atom. The third-order valence-electron chi connectivity index (χ3n) is 4.53. The first-order valence-corrected chi connectivity index (χ1v) is 8.55. The van der Waals surface area contributed by atoms with Crippen molar-refractivity contribution in [1.82, 2.24) is 9.55 Å². The Labute approximate surface area is 155 Å². The Kier molecular flexibility index (Phi) is 4.40. The van der Waals surface area contributed by atoms with Gasteiger partial charge in [-0.3, -0.25) is 10.1 Å². The van der Waals surface area contributed by atoms with Crippen LogP contribution in [-0.4, -0.2) is 19.6 Å². The van der Waals surface area contributed by atoms with E-state index in [4.69, 9.17) is 0 Å². The number of fused-ring (bicyclic) bond motifs is 1. The van der Waals surface area contributed by atoms with Gasteiger partial charge in [0.2, 0.25) is 0 Å². The molecule has 0 unspecified atom stereocenters. The molecular weight excluding hydrogens is 342 g/mol. The molecule has 4 aromatic rings. The molecule has 0 fully saturated rings. The Morgan fingerprint density at radius 3 is 2.33 bits per heavy atom. The molecule has 3 aromatic carbocycles. The van der Waals surface area contributed by atoms with Gasteiger partial charge in [-0.25, -0.2) is 4.98 Å². The van der Waals surface area contributed by atoms with Crippen LogP contribution in [-0.2, 0) is 6.54 Å². The van der Waals surface area contributed by atoms with Crippen molar-refractivity contribution in [2.24, 2.45) is 0 Å². The molecule has 0 saturated heterocycles. The molecule has 0 saturated carbocycles. The molecule has 0 aliphatic carbocycles. The quantitative estimate of drug-likeness (QED) is 0.430. The van der Waals surface area contributed by atoms with E-state index in [0.29, 0.717) is 12.4 Å². The summed E-state index contributed by atoms with van der Waals surface area (Å²) < 4.78 is 1.95. The summed E-state index contributed by atoms with van der Waals surface area (Å²) in [5, 5.41) is 21.8. The van der Waals surface area contributed by atoms with Crippen LogP contribution in [0.25, 0.3) is 11.0 Å². The highest BCUT2D eigenvalue weighted by Gasteiger charge is 2.20. The lowest BCUT2D eigenvalue weighted by Gasteiger charge is -2.14. The van der Waals surface area contributed by atoms with Gasteiger partial charge >= 0.3 is 0 Å². The van der Waals surface area contributed by atoms with Gasteiger partial charge in [-0.1, -0.05) is 54.6 Å². The molecular formula is C21H17N3O3. The zero-order chi connectivity index (χ0) is 18.8. The van der Waals surface area contributed by atoms with Gasteiger partial charge < -0.3 is 9.67 Å². The minimum absolute atomic E-state index is 0.0544. The van der Waals surface area contributed by atoms with Crippen LogP contribution in [0.5, 0.6) is 0 Å². The van der Waals surface area contributed by atoms with E-state index in [0.717, 1.165) is 22.2 Å². The normalized spacial score (nSPS) is 12.2. The van der Waals surface area contributed by atoms with Crippen LogP contribution < -0.4 is 0 Å². The van der Waals surface area contributed by atoms with E-state index in [1.807, 2.05) is 59.2 Å². The van der Waals surface area contributed by atoms with Crippen LogP contribution in [0, 0.1) is 10.1 Å². The number of benzene rings is 3. The van der Waals surface area contributed by atoms with E-state index in [1.165, 1.54) is 12.1 Å². The van der Waals surface area contributed by atoms with Crippen LogP contribution in [0.2, 0.25) is 0 Å². The van der Waals surface area contributed by atoms with Crippen LogP contribution in [0.4, 0.5) is 5.69 Å². The number of nitro groups is 1. The topological polar surface area (TPSA) is 81.2 Å². The summed E-state index contributed by atoms with van der Waals surface area (Å²) in [7, 11) is 0. The first-order chi connectivity index (χ1) is 13.1. The van der Waals surface area contributed by atoms with E-state index < -0.39 is 11.0 Å². The Balaban J connectivity index is 1.77. The fourth-order valence-electron chi connectivity index (χ4n) is 3.16. The largest absolute Gasteiger partial charge is 0.380 e. The first kappa shape index (κ1) is 16.9. The Morgan fingerprint density at radius 2 is 1.63 bits per heavy atom. The average Bonchev–Trinajstić information content (AvgIpc) is 3.07. The number of para-hydroxylation sites is 2. The molecule has 0 amide bonds. The summed E-state index contributed by atoms with van der Waals surface area (Å²) in [5.74, 6) is 0.542. The molecule has 0 aliphatic heterocycles. The number of nitro benzene ring substituents is 1. The minimum Gasteiger partial charge on any atom is -0.380 e. The number of nitrogens with zero attached hydrogens (tertiary/aromatic N) is 3. The van der Waals surface area contributed by atoms with Gasteiger partial charge in [-0.05, 0) is 23.3 Å². The molecule has 0 bridgehead atoms.